The van der Waals surface area contributed by atoms with E-state index < -0.39 is 11.6 Å². The van der Waals surface area contributed by atoms with E-state index in [0.717, 1.165) is 5.69 Å². The van der Waals surface area contributed by atoms with Crippen LogP contribution in [-0.4, -0.2) is 31.7 Å². The Morgan fingerprint density at radius 3 is 3.00 bits per heavy atom. The molecule has 82 valence electrons. The zero-order valence-electron chi connectivity index (χ0n) is 8.67. The molecule has 2 rings (SSSR count). The molecule has 1 fully saturated rings. The lowest BCUT2D eigenvalue weighted by Gasteiger charge is -2.19. The zero-order chi connectivity index (χ0) is 11.1. The topological polar surface area (TPSA) is 77.2 Å². The number of ether oxygens (including phenoxy) is 1. The molecule has 1 aliphatic heterocycles. The highest BCUT2D eigenvalue weighted by molar-refractivity contribution is 5.77. The van der Waals surface area contributed by atoms with Crippen LogP contribution in [0.5, 0.6) is 0 Å². The molecule has 0 radical (unpaired) electrons. The Kier molecular flexibility index (Phi) is 2.22. The van der Waals surface area contributed by atoms with Gasteiger partial charge in [0.2, 0.25) is 0 Å². The van der Waals surface area contributed by atoms with Gasteiger partial charge in [0.05, 0.1) is 11.9 Å². The maximum atomic E-state index is 11.0. The number of aliphatic carboxylic acids is 1. The molecule has 0 spiro atoms. The Balaban J connectivity index is 2.18. The van der Waals surface area contributed by atoms with Crippen molar-refractivity contribution in [2.24, 2.45) is 7.05 Å². The number of hydrogen-bond donors (Lipinski definition) is 1. The van der Waals surface area contributed by atoms with Crippen LogP contribution >= 0.6 is 0 Å². The van der Waals surface area contributed by atoms with E-state index in [4.69, 9.17) is 9.84 Å². The number of aryl methyl sites for hydroxylation is 1. The molecular formula is C9H13N3O3. The molecule has 1 aromatic heterocycles. The summed E-state index contributed by atoms with van der Waals surface area (Å²) >= 11 is 0. The third-order valence-corrected chi connectivity index (χ3v) is 2.82. The normalized spacial score (nSPS) is 30.7. The van der Waals surface area contributed by atoms with Gasteiger partial charge in [-0.2, -0.15) is 0 Å². The van der Waals surface area contributed by atoms with Crippen molar-refractivity contribution >= 4 is 5.97 Å². The number of aromatic nitrogens is 3. The first-order chi connectivity index (χ1) is 7.03. The first-order valence-corrected chi connectivity index (χ1v) is 4.79. The van der Waals surface area contributed by atoms with Crippen LogP contribution in [0.2, 0.25) is 0 Å². The molecule has 2 atom stereocenters. The average molecular weight is 211 g/mol. The van der Waals surface area contributed by atoms with Gasteiger partial charge in [0.1, 0.15) is 6.10 Å². The summed E-state index contributed by atoms with van der Waals surface area (Å²) in [6.45, 7) is 1.60. The smallest absolute Gasteiger partial charge is 0.335 e. The first-order valence-electron chi connectivity index (χ1n) is 4.79. The molecule has 6 nitrogen and oxygen atoms in total. The molecule has 1 aliphatic rings. The molecule has 0 amide bonds. The van der Waals surface area contributed by atoms with Crippen LogP contribution in [-0.2, 0) is 16.6 Å². The molecule has 1 N–H and O–H groups in total. The fraction of sp³-hybridized carbons (Fsp3) is 0.667. The minimum absolute atomic E-state index is 0.217. The number of carbonyl (C=O) groups is 1. The molecule has 2 heterocycles. The fourth-order valence-electron chi connectivity index (χ4n) is 1.79. The molecule has 15 heavy (non-hydrogen) atoms. The van der Waals surface area contributed by atoms with E-state index in [-0.39, 0.29) is 6.10 Å². The van der Waals surface area contributed by atoms with Gasteiger partial charge in [-0.05, 0) is 19.8 Å². The molecular weight excluding hydrogens is 198 g/mol. The van der Waals surface area contributed by atoms with Crippen LogP contribution in [0.15, 0.2) is 6.20 Å². The van der Waals surface area contributed by atoms with Crippen LogP contribution in [0.25, 0.3) is 0 Å². The SMILES string of the molecule is Cn1nncc1C1CCC(C)(C(=O)O)O1. The van der Waals surface area contributed by atoms with Gasteiger partial charge in [-0.1, -0.05) is 5.21 Å². The molecule has 0 aromatic carbocycles. The van der Waals surface area contributed by atoms with Crippen molar-refractivity contribution in [3.63, 3.8) is 0 Å². The van der Waals surface area contributed by atoms with Crippen LogP contribution in [0, 0.1) is 0 Å². The molecule has 0 bridgehead atoms. The lowest BCUT2D eigenvalue weighted by atomic mass is 10.0. The summed E-state index contributed by atoms with van der Waals surface area (Å²) in [6.07, 6.45) is 2.59. The van der Waals surface area contributed by atoms with Crippen molar-refractivity contribution < 1.29 is 14.6 Å². The van der Waals surface area contributed by atoms with Gasteiger partial charge in [0.25, 0.3) is 0 Å². The molecule has 1 aromatic rings. The maximum absolute atomic E-state index is 11.0. The van der Waals surface area contributed by atoms with E-state index in [0.29, 0.717) is 12.8 Å². The lowest BCUT2D eigenvalue weighted by Crippen LogP contribution is -2.34. The van der Waals surface area contributed by atoms with Gasteiger partial charge in [0.15, 0.2) is 5.60 Å². The van der Waals surface area contributed by atoms with Gasteiger partial charge in [-0.15, -0.1) is 5.10 Å². The third-order valence-electron chi connectivity index (χ3n) is 2.82. The van der Waals surface area contributed by atoms with E-state index in [1.807, 2.05) is 0 Å². The van der Waals surface area contributed by atoms with E-state index in [1.54, 1.807) is 24.9 Å². The largest absolute Gasteiger partial charge is 0.479 e. The van der Waals surface area contributed by atoms with Crippen molar-refractivity contribution in [1.29, 1.82) is 0 Å². The van der Waals surface area contributed by atoms with Crippen molar-refractivity contribution in [2.45, 2.75) is 31.5 Å². The summed E-state index contributed by atoms with van der Waals surface area (Å²) < 4.78 is 7.14. The summed E-state index contributed by atoms with van der Waals surface area (Å²) in [5.74, 6) is -0.917. The van der Waals surface area contributed by atoms with Gasteiger partial charge in [-0.25, -0.2) is 9.48 Å². The number of carboxylic acids is 1. The number of nitrogens with zero attached hydrogens (tertiary/aromatic N) is 3. The molecule has 2 unspecified atom stereocenters. The van der Waals surface area contributed by atoms with Crippen LogP contribution < -0.4 is 0 Å². The van der Waals surface area contributed by atoms with Gasteiger partial charge >= 0.3 is 5.97 Å². The quantitative estimate of drug-likeness (QED) is 0.771. The summed E-state index contributed by atoms with van der Waals surface area (Å²) in [6, 6.07) is 0. The Morgan fingerprint density at radius 1 is 1.80 bits per heavy atom. The predicted octanol–water partition coefficient (Wildman–Crippen LogP) is 0.510. The van der Waals surface area contributed by atoms with E-state index in [2.05, 4.69) is 10.3 Å². The predicted molar refractivity (Wildman–Crippen MR) is 50.1 cm³/mol. The maximum Gasteiger partial charge on any atom is 0.335 e. The monoisotopic (exact) mass is 211 g/mol. The average Bonchev–Trinajstić information content (AvgIpc) is 2.73. The summed E-state index contributed by atoms with van der Waals surface area (Å²) in [7, 11) is 1.77. The van der Waals surface area contributed by atoms with E-state index >= 15 is 0 Å². The highest BCUT2D eigenvalue weighted by Crippen LogP contribution is 2.38. The number of hydrogen-bond acceptors (Lipinski definition) is 4. The Morgan fingerprint density at radius 2 is 2.53 bits per heavy atom. The Hall–Kier alpha value is -1.43. The summed E-state index contributed by atoms with van der Waals surface area (Å²) in [4.78, 5) is 11.0. The molecule has 1 saturated heterocycles. The second kappa shape index (κ2) is 3.30. The van der Waals surface area contributed by atoms with Crippen molar-refractivity contribution in [3.8, 4) is 0 Å². The van der Waals surface area contributed by atoms with E-state index in [1.165, 1.54) is 0 Å². The van der Waals surface area contributed by atoms with Crippen molar-refractivity contribution in [2.75, 3.05) is 0 Å². The second-order valence-corrected chi connectivity index (χ2v) is 3.96. The van der Waals surface area contributed by atoms with Crippen LogP contribution in [0.1, 0.15) is 31.6 Å². The first kappa shape index (κ1) is 10.1. The highest BCUT2D eigenvalue weighted by Gasteiger charge is 2.43. The lowest BCUT2D eigenvalue weighted by molar-refractivity contribution is -0.162. The molecule has 0 aliphatic carbocycles. The van der Waals surface area contributed by atoms with E-state index in [9.17, 15) is 4.79 Å². The standard InChI is InChI=1S/C9H13N3O3/c1-9(8(13)14)4-3-7(15-9)6-5-10-11-12(6)2/h5,7H,3-4H2,1-2H3,(H,13,14). The summed E-state index contributed by atoms with van der Waals surface area (Å²) in [5, 5.41) is 16.5. The summed E-state index contributed by atoms with van der Waals surface area (Å²) in [5.41, 5.74) is -0.255. The van der Waals surface area contributed by atoms with Crippen LogP contribution in [0.4, 0.5) is 0 Å². The second-order valence-electron chi connectivity index (χ2n) is 3.96. The van der Waals surface area contributed by atoms with Gasteiger partial charge < -0.3 is 9.84 Å². The van der Waals surface area contributed by atoms with Gasteiger partial charge in [0, 0.05) is 7.05 Å². The van der Waals surface area contributed by atoms with Crippen LogP contribution in [0.3, 0.4) is 0 Å². The highest BCUT2D eigenvalue weighted by atomic mass is 16.5. The molecule has 0 saturated carbocycles. The fourth-order valence-corrected chi connectivity index (χ4v) is 1.79. The Bertz CT molecular complexity index is 390. The minimum Gasteiger partial charge on any atom is -0.479 e. The number of rotatable bonds is 2. The van der Waals surface area contributed by atoms with Crippen molar-refractivity contribution in [3.05, 3.63) is 11.9 Å². The Labute approximate surface area is 86.8 Å². The third kappa shape index (κ3) is 1.61. The van der Waals surface area contributed by atoms with Gasteiger partial charge in [-0.3, -0.25) is 0 Å². The van der Waals surface area contributed by atoms with Crippen molar-refractivity contribution in [1.82, 2.24) is 15.0 Å². The zero-order valence-corrected chi connectivity index (χ0v) is 8.67. The molecule has 6 heteroatoms. The number of carboxylic acid groups (broad SMARTS) is 1. The minimum atomic E-state index is -1.07.